The van der Waals surface area contributed by atoms with Crippen molar-refractivity contribution in [3.63, 3.8) is 0 Å². The lowest BCUT2D eigenvalue weighted by atomic mass is 10.0. The van der Waals surface area contributed by atoms with Crippen LogP contribution in [0.4, 0.5) is 0 Å². The van der Waals surface area contributed by atoms with E-state index in [1.54, 1.807) is 18.2 Å². The second-order valence-electron chi connectivity index (χ2n) is 3.76. The number of rotatable bonds is 1. The predicted octanol–water partition coefficient (Wildman–Crippen LogP) is 2.78. The van der Waals surface area contributed by atoms with E-state index >= 15 is 0 Å². The van der Waals surface area contributed by atoms with Crippen LogP contribution in [0.5, 0.6) is 17.2 Å². The SMILES string of the molecule is Cc1cc(O)cc(-c2ccc(O)cc2O)c1. The quantitative estimate of drug-likeness (QED) is 0.686. The molecule has 0 aromatic heterocycles. The van der Waals surface area contributed by atoms with Gasteiger partial charge in [0.05, 0.1) is 0 Å². The Bertz CT molecular complexity index is 512. The Balaban J connectivity index is 2.58. The molecule has 0 bridgehead atoms. The third kappa shape index (κ3) is 1.93. The second-order valence-corrected chi connectivity index (χ2v) is 3.76. The number of aryl methyl sites for hydroxylation is 1. The molecule has 0 heterocycles. The average Bonchev–Trinajstić information content (AvgIpc) is 2.15. The van der Waals surface area contributed by atoms with Gasteiger partial charge in [-0.05, 0) is 42.3 Å². The van der Waals surface area contributed by atoms with Crippen LogP contribution in [0, 0.1) is 6.92 Å². The molecule has 0 amide bonds. The molecule has 82 valence electrons. The Labute approximate surface area is 93.2 Å². The topological polar surface area (TPSA) is 60.7 Å². The van der Waals surface area contributed by atoms with Gasteiger partial charge in [0.15, 0.2) is 0 Å². The van der Waals surface area contributed by atoms with Crippen LogP contribution in [-0.4, -0.2) is 15.3 Å². The predicted molar refractivity (Wildman–Crippen MR) is 61.6 cm³/mol. The van der Waals surface area contributed by atoms with Gasteiger partial charge in [0.2, 0.25) is 0 Å². The van der Waals surface area contributed by atoms with E-state index in [2.05, 4.69) is 0 Å². The molecule has 0 saturated carbocycles. The molecule has 3 N–H and O–H groups in total. The molecule has 3 heteroatoms. The molecule has 2 aromatic carbocycles. The average molecular weight is 216 g/mol. The number of hydrogen-bond donors (Lipinski definition) is 3. The van der Waals surface area contributed by atoms with Crippen LogP contribution in [0.25, 0.3) is 11.1 Å². The van der Waals surface area contributed by atoms with Gasteiger partial charge in [-0.25, -0.2) is 0 Å². The Hall–Kier alpha value is -2.16. The summed E-state index contributed by atoms with van der Waals surface area (Å²) in [5.41, 5.74) is 2.20. The van der Waals surface area contributed by atoms with E-state index in [0.717, 1.165) is 11.1 Å². The molecule has 0 atom stereocenters. The molecule has 3 nitrogen and oxygen atoms in total. The fourth-order valence-corrected chi connectivity index (χ4v) is 1.68. The van der Waals surface area contributed by atoms with Crippen LogP contribution < -0.4 is 0 Å². The van der Waals surface area contributed by atoms with Gasteiger partial charge in [0.25, 0.3) is 0 Å². The van der Waals surface area contributed by atoms with Crippen LogP contribution in [-0.2, 0) is 0 Å². The van der Waals surface area contributed by atoms with Crippen LogP contribution in [0.15, 0.2) is 36.4 Å². The molecule has 2 aromatic rings. The monoisotopic (exact) mass is 216 g/mol. The van der Waals surface area contributed by atoms with Gasteiger partial charge in [-0.1, -0.05) is 6.07 Å². The smallest absolute Gasteiger partial charge is 0.127 e. The van der Waals surface area contributed by atoms with Crippen molar-refractivity contribution >= 4 is 0 Å². The van der Waals surface area contributed by atoms with Gasteiger partial charge in [0, 0.05) is 11.6 Å². The fraction of sp³-hybridized carbons (Fsp3) is 0.0769. The van der Waals surface area contributed by atoms with Crippen molar-refractivity contribution in [2.45, 2.75) is 6.92 Å². The summed E-state index contributed by atoms with van der Waals surface area (Å²) in [5, 5.41) is 28.3. The number of hydrogen-bond acceptors (Lipinski definition) is 3. The van der Waals surface area contributed by atoms with Gasteiger partial charge in [-0.15, -0.1) is 0 Å². The largest absolute Gasteiger partial charge is 0.508 e. The lowest BCUT2D eigenvalue weighted by Crippen LogP contribution is -1.81. The van der Waals surface area contributed by atoms with Crippen molar-refractivity contribution < 1.29 is 15.3 Å². The van der Waals surface area contributed by atoms with E-state index in [1.807, 2.05) is 13.0 Å². The van der Waals surface area contributed by atoms with Crippen LogP contribution in [0.3, 0.4) is 0 Å². The van der Waals surface area contributed by atoms with Gasteiger partial charge in [0.1, 0.15) is 17.2 Å². The van der Waals surface area contributed by atoms with Gasteiger partial charge in [-0.2, -0.15) is 0 Å². The molecule has 0 spiro atoms. The number of benzene rings is 2. The minimum atomic E-state index is -0.00926. The van der Waals surface area contributed by atoms with E-state index in [-0.39, 0.29) is 17.2 Å². The molecule has 0 aliphatic carbocycles. The first-order valence-corrected chi connectivity index (χ1v) is 4.89. The van der Waals surface area contributed by atoms with E-state index in [1.165, 1.54) is 12.1 Å². The zero-order valence-electron chi connectivity index (χ0n) is 8.81. The van der Waals surface area contributed by atoms with Crippen molar-refractivity contribution in [3.05, 3.63) is 42.0 Å². The van der Waals surface area contributed by atoms with E-state index in [0.29, 0.717) is 5.56 Å². The third-order valence-electron chi connectivity index (χ3n) is 2.35. The first kappa shape index (κ1) is 10.4. The van der Waals surface area contributed by atoms with E-state index < -0.39 is 0 Å². The molecular weight excluding hydrogens is 204 g/mol. The lowest BCUT2D eigenvalue weighted by molar-refractivity contribution is 0.452. The summed E-state index contributed by atoms with van der Waals surface area (Å²) >= 11 is 0. The molecule has 16 heavy (non-hydrogen) atoms. The summed E-state index contributed by atoms with van der Waals surface area (Å²) in [6.07, 6.45) is 0. The fourth-order valence-electron chi connectivity index (χ4n) is 1.68. The van der Waals surface area contributed by atoms with Crippen molar-refractivity contribution in [1.29, 1.82) is 0 Å². The maximum absolute atomic E-state index is 9.68. The van der Waals surface area contributed by atoms with Crippen molar-refractivity contribution in [1.82, 2.24) is 0 Å². The lowest BCUT2D eigenvalue weighted by Gasteiger charge is -2.07. The van der Waals surface area contributed by atoms with Gasteiger partial charge < -0.3 is 15.3 Å². The minimum absolute atomic E-state index is 0.00926. The summed E-state index contributed by atoms with van der Waals surface area (Å²) in [5.74, 6) is 0.158. The van der Waals surface area contributed by atoms with E-state index in [4.69, 9.17) is 0 Å². The molecule has 0 unspecified atom stereocenters. The van der Waals surface area contributed by atoms with Crippen molar-refractivity contribution in [2.75, 3.05) is 0 Å². The molecular formula is C13H12O3. The van der Waals surface area contributed by atoms with Crippen molar-refractivity contribution in [2.24, 2.45) is 0 Å². The summed E-state index contributed by atoms with van der Waals surface area (Å²) < 4.78 is 0. The Kier molecular flexibility index (Phi) is 2.44. The Morgan fingerprint density at radius 2 is 1.56 bits per heavy atom. The zero-order valence-corrected chi connectivity index (χ0v) is 8.81. The number of aromatic hydroxyl groups is 3. The normalized spacial score (nSPS) is 10.3. The highest BCUT2D eigenvalue weighted by molar-refractivity contribution is 5.72. The highest BCUT2D eigenvalue weighted by atomic mass is 16.3. The van der Waals surface area contributed by atoms with Crippen LogP contribution in [0.2, 0.25) is 0 Å². The number of phenolic OH excluding ortho intramolecular Hbond substituents is 3. The van der Waals surface area contributed by atoms with E-state index in [9.17, 15) is 15.3 Å². The summed E-state index contributed by atoms with van der Waals surface area (Å²) in [7, 11) is 0. The zero-order chi connectivity index (χ0) is 11.7. The highest BCUT2D eigenvalue weighted by Gasteiger charge is 2.06. The third-order valence-corrected chi connectivity index (χ3v) is 2.35. The summed E-state index contributed by atoms with van der Waals surface area (Å²) in [4.78, 5) is 0. The summed E-state index contributed by atoms with van der Waals surface area (Å²) in [6.45, 7) is 1.86. The van der Waals surface area contributed by atoms with Crippen molar-refractivity contribution in [3.8, 4) is 28.4 Å². The maximum Gasteiger partial charge on any atom is 0.127 e. The minimum Gasteiger partial charge on any atom is -0.508 e. The van der Waals surface area contributed by atoms with Gasteiger partial charge in [-0.3, -0.25) is 0 Å². The standard InChI is InChI=1S/C13H12O3/c1-8-4-9(6-11(15)5-8)12-3-2-10(14)7-13(12)16/h2-7,14-16H,1H3. The van der Waals surface area contributed by atoms with Crippen LogP contribution >= 0.6 is 0 Å². The molecule has 0 fully saturated rings. The first-order chi connectivity index (χ1) is 7.56. The highest BCUT2D eigenvalue weighted by Crippen LogP contribution is 2.34. The molecule has 0 aliphatic rings. The summed E-state index contributed by atoms with van der Waals surface area (Å²) in [6, 6.07) is 9.44. The Morgan fingerprint density at radius 1 is 0.812 bits per heavy atom. The second kappa shape index (κ2) is 3.77. The number of phenols is 3. The Morgan fingerprint density at radius 3 is 2.19 bits per heavy atom. The first-order valence-electron chi connectivity index (χ1n) is 4.89. The molecule has 0 saturated heterocycles. The maximum atomic E-state index is 9.68. The molecule has 2 rings (SSSR count). The van der Waals surface area contributed by atoms with Gasteiger partial charge >= 0.3 is 0 Å². The molecule has 0 radical (unpaired) electrons. The molecule has 0 aliphatic heterocycles. The van der Waals surface area contributed by atoms with Crippen LogP contribution in [0.1, 0.15) is 5.56 Å².